The number of unbranched alkanes of at least 4 members (excludes halogenated alkanes) is 2. The van der Waals surface area contributed by atoms with E-state index in [1.54, 1.807) is 12.4 Å². The maximum absolute atomic E-state index is 5.59. The molecule has 1 aromatic carbocycles. The van der Waals surface area contributed by atoms with E-state index in [1.165, 1.54) is 50.5 Å². The molecule has 0 aliphatic heterocycles. The minimum atomic E-state index is 0.530. The Bertz CT molecular complexity index is 778. The highest BCUT2D eigenvalue weighted by molar-refractivity contribution is 5.40. The fraction of sp³-hybridized carbons (Fsp3) is 0.538. The highest BCUT2D eigenvalue weighted by Gasteiger charge is 2.21. The average molecular weight is 391 g/mol. The van der Waals surface area contributed by atoms with Gasteiger partial charge in [0.15, 0.2) is 5.75 Å². The molecule has 3 rings (SSSR count). The molecule has 1 aliphatic carbocycles. The first kappa shape index (κ1) is 21.4. The number of ether oxygens (including phenoxy) is 1. The SMILES string of the molecule is CCCCOc1cnc(C#Cc2ccc([C@H]3CC[C@H](CCCC)CC3)cc2)nc1. The Labute approximate surface area is 176 Å². The second-order valence-electron chi connectivity index (χ2n) is 8.18. The molecule has 2 aromatic rings. The lowest BCUT2D eigenvalue weighted by molar-refractivity contribution is 0.304. The van der Waals surface area contributed by atoms with Gasteiger partial charge in [0.1, 0.15) is 0 Å². The first-order chi connectivity index (χ1) is 14.3. The van der Waals surface area contributed by atoms with Crippen LogP contribution in [0, 0.1) is 17.8 Å². The first-order valence-corrected chi connectivity index (χ1v) is 11.3. The number of hydrogen-bond acceptors (Lipinski definition) is 3. The van der Waals surface area contributed by atoms with Gasteiger partial charge < -0.3 is 4.74 Å². The molecular weight excluding hydrogens is 356 g/mol. The highest BCUT2D eigenvalue weighted by Crippen LogP contribution is 2.37. The summed E-state index contributed by atoms with van der Waals surface area (Å²) in [6.45, 7) is 5.14. The topological polar surface area (TPSA) is 35.0 Å². The Kier molecular flexibility index (Phi) is 8.56. The Hall–Kier alpha value is -2.34. The highest BCUT2D eigenvalue weighted by atomic mass is 16.5. The van der Waals surface area contributed by atoms with E-state index in [2.05, 4.69) is 59.9 Å². The van der Waals surface area contributed by atoms with Gasteiger partial charge in [-0.3, -0.25) is 0 Å². The number of hydrogen-bond donors (Lipinski definition) is 0. The Morgan fingerprint density at radius 3 is 2.24 bits per heavy atom. The van der Waals surface area contributed by atoms with Gasteiger partial charge in [-0.1, -0.05) is 57.6 Å². The monoisotopic (exact) mass is 390 g/mol. The molecule has 3 nitrogen and oxygen atoms in total. The number of nitrogens with zero attached hydrogens (tertiary/aromatic N) is 2. The van der Waals surface area contributed by atoms with Crippen molar-refractivity contribution in [1.29, 1.82) is 0 Å². The van der Waals surface area contributed by atoms with E-state index >= 15 is 0 Å². The van der Waals surface area contributed by atoms with Gasteiger partial charge >= 0.3 is 0 Å². The lowest BCUT2D eigenvalue weighted by Crippen LogP contribution is -2.13. The molecule has 0 bridgehead atoms. The molecule has 1 fully saturated rings. The van der Waals surface area contributed by atoms with Crippen LogP contribution >= 0.6 is 0 Å². The van der Waals surface area contributed by atoms with E-state index in [-0.39, 0.29) is 0 Å². The molecule has 0 amide bonds. The van der Waals surface area contributed by atoms with Crippen LogP contribution in [0.15, 0.2) is 36.7 Å². The van der Waals surface area contributed by atoms with E-state index in [1.807, 2.05) is 0 Å². The number of benzene rings is 1. The van der Waals surface area contributed by atoms with Crippen molar-refractivity contribution in [3.05, 3.63) is 53.6 Å². The van der Waals surface area contributed by atoms with Crippen LogP contribution in [0.2, 0.25) is 0 Å². The van der Waals surface area contributed by atoms with Gasteiger partial charge in [-0.05, 0) is 67.6 Å². The zero-order chi connectivity index (χ0) is 20.3. The van der Waals surface area contributed by atoms with Crippen LogP contribution in [-0.2, 0) is 0 Å². The molecule has 3 heteroatoms. The largest absolute Gasteiger partial charge is 0.490 e. The summed E-state index contributed by atoms with van der Waals surface area (Å²) < 4.78 is 5.59. The third kappa shape index (κ3) is 6.89. The second kappa shape index (κ2) is 11.6. The van der Waals surface area contributed by atoms with Crippen molar-refractivity contribution in [3.8, 4) is 17.6 Å². The van der Waals surface area contributed by atoms with Crippen LogP contribution in [0.25, 0.3) is 0 Å². The van der Waals surface area contributed by atoms with Gasteiger partial charge in [0, 0.05) is 5.56 Å². The van der Waals surface area contributed by atoms with Crippen LogP contribution < -0.4 is 4.74 Å². The van der Waals surface area contributed by atoms with Gasteiger partial charge in [-0.15, -0.1) is 0 Å². The lowest BCUT2D eigenvalue weighted by Gasteiger charge is -2.28. The number of rotatable bonds is 8. The quantitative estimate of drug-likeness (QED) is 0.380. The molecule has 0 atom stereocenters. The Morgan fingerprint density at radius 2 is 1.59 bits per heavy atom. The zero-order valence-electron chi connectivity index (χ0n) is 18.0. The number of aromatic nitrogens is 2. The molecule has 154 valence electrons. The molecule has 1 saturated carbocycles. The maximum atomic E-state index is 5.59. The van der Waals surface area contributed by atoms with Crippen LogP contribution in [0.4, 0.5) is 0 Å². The molecular formula is C26H34N2O. The van der Waals surface area contributed by atoms with Crippen LogP contribution in [0.5, 0.6) is 5.75 Å². The third-order valence-corrected chi connectivity index (χ3v) is 5.91. The van der Waals surface area contributed by atoms with E-state index < -0.39 is 0 Å². The summed E-state index contributed by atoms with van der Waals surface area (Å²) in [5.74, 6) is 9.14. The molecule has 29 heavy (non-hydrogen) atoms. The summed E-state index contributed by atoms with van der Waals surface area (Å²) in [5, 5.41) is 0. The standard InChI is InChI=1S/C26H34N2O/c1-3-5-7-21-8-13-23(14-9-21)24-15-10-22(11-16-24)12-17-26-27-19-25(20-28-26)29-18-6-4-2/h10-11,15-16,19-21,23H,3-9,13-14,18H2,1-2H3/t21-,23-. The van der Waals surface area contributed by atoms with Gasteiger partial charge in [-0.25, -0.2) is 9.97 Å². The second-order valence-corrected chi connectivity index (χ2v) is 8.18. The molecule has 0 unspecified atom stereocenters. The summed E-state index contributed by atoms with van der Waals surface area (Å²) in [6.07, 6.45) is 15.1. The normalized spacial score (nSPS) is 18.7. The van der Waals surface area contributed by atoms with E-state index in [4.69, 9.17) is 4.74 Å². The van der Waals surface area contributed by atoms with Crippen molar-refractivity contribution >= 4 is 0 Å². The predicted octanol–water partition coefficient (Wildman–Crippen LogP) is 6.52. The maximum Gasteiger partial charge on any atom is 0.205 e. The summed E-state index contributed by atoms with van der Waals surface area (Å²) in [4.78, 5) is 8.56. The van der Waals surface area contributed by atoms with E-state index in [0.717, 1.165) is 30.2 Å². The molecule has 0 radical (unpaired) electrons. The van der Waals surface area contributed by atoms with Crippen LogP contribution in [0.1, 0.15) is 94.5 Å². The molecule has 1 aromatic heterocycles. The molecule has 1 heterocycles. The van der Waals surface area contributed by atoms with E-state index in [9.17, 15) is 0 Å². The van der Waals surface area contributed by atoms with Gasteiger partial charge in [0.05, 0.1) is 19.0 Å². The van der Waals surface area contributed by atoms with Crippen molar-refractivity contribution in [2.24, 2.45) is 5.92 Å². The molecule has 0 N–H and O–H groups in total. The van der Waals surface area contributed by atoms with Gasteiger partial charge in [0.25, 0.3) is 0 Å². The van der Waals surface area contributed by atoms with Crippen molar-refractivity contribution in [2.45, 2.75) is 77.6 Å². The van der Waals surface area contributed by atoms with Crippen molar-refractivity contribution < 1.29 is 4.74 Å². The van der Waals surface area contributed by atoms with Gasteiger partial charge in [-0.2, -0.15) is 0 Å². The fourth-order valence-electron chi connectivity index (χ4n) is 4.03. The smallest absolute Gasteiger partial charge is 0.205 e. The average Bonchev–Trinajstić information content (AvgIpc) is 2.78. The summed E-state index contributed by atoms with van der Waals surface area (Å²) in [5.41, 5.74) is 2.48. The third-order valence-electron chi connectivity index (χ3n) is 5.91. The minimum absolute atomic E-state index is 0.530. The summed E-state index contributed by atoms with van der Waals surface area (Å²) in [7, 11) is 0. The van der Waals surface area contributed by atoms with Crippen molar-refractivity contribution in [2.75, 3.05) is 6.61 Å². The lowest BCUT2D eigenvalue weighted by atomic mass is 9.77. The molecule has 0 spiro atoms. The Balaban J connectivity index is 1.51. The fourth-order valence-corrected chi connectivity index (χ4v) is 4.03. The molecule has 1 aliphatic rings. The summed E-state index contributed by atoms with van der Waals surface area (Å²) in [6, 6.07) is 8.78. The van der Waals surface area contributed by atoms with Crippen LogP contribution in [0.3, 0.4) is 0 Å². The van der Waals surface area contributed by atoms with Crippen LogP contribution in [-0.4, -0.2) is 16.6 Å². The zero-order valence-corrected chi connectivity index (χ0v) is 18.0. The first-order valence-electron chi connectivity index (χ1n) is 11.3. The Morgan fingerprint density at radius 1 is 0.897 bits per heavy atom. The molecule has 0 saturated heterocycles. The van der Waals surface area contributed by atoms with Crippen molar-refractivity contribution in [3.63, 3.8) is 0 Å². The van der Waals surface area contributed by atoms with Crippen molar-refractivity contribution in [1.82, 2.24) is 9.97 Å². The van der Waals surface area contributed by atoms with Gasteiger partial charge in [0.2, 0.25) is 5.82 Å². The predicted molar refractivity (Wildman–Crippen MR) is 119 cm³/mol. The van der Waals surface area contributed by atoms with E-state index in [0.29, 0.717) is 18.2 Å². The summed E-state index contributed by atoms with van der Waals surface area (Å²) >= 11 is 0. The minimum Gasteiger partial charge on any atom is -0.490 e.